The van der Waals surface area contributed by atoms with E-state index in [1.165, 1.54) is 12.1 Å². The Morgan fingerprint density at radius 3 is 2.76 bits per heavy atom. The number of anilines is 1. The zero-order chi connectivity index (χ0) is 12.0. The van der Waals surface area contributed by atoms with Crippen molar-refractivity contribution in [2.45, 2.75) is 12.8 Å². The van der Waals surface area contributed by atoms with E-state index in [0.717, 1.165) is 11.3 Å². The van der Waals surface area contributed by atoms with Crippen molar-refractivity contribution in [3.8, 4) is 0 Å². The Hall–Kier alpha value is -2.10. The van der Waals surface area contributed by atoms with Crippen molar-refractivity contribution in [3.05, 3.63) is 53.1 Å². The average Bonchev–Trinajstić information content (AvgIpc) is 2.81. The molecule has 1 aromatic heterocycles. The van der Waals surface area contributed by atoms with Gasteiger partial charge in [0.15, 0.2) is 0 Å². The molecule has 1 aliphatic heterocycles. The molecule has 1 atom stereocenters. The highest BCUT2D eigenvalue weighted by atomic mass is 19.1. The van der Waals surface area contributed by atoms with Crippen molar-refractivity contribution in [1.29, 1.82) is 0 Å². The molecule has 3 rings (SSSR count). The van der Waals surface area contributed by atoms with Crippen LogP contribution in [0.1, 0.15) is 22.7 Å². The predicted octanol–water partition coefficient (Wildman–Crippen LogP) is 2.55. The first-order chi connectivity index (χ1) is 8.16. The van der Waals surface area contributed by atoms with E-state index in [2.05, 4.69) is 10.3 Å². The Labute approximate surface area is 97.7 Å². The highest BCUT2D eigenvalue weighted by Gasteiger charge is 2.33. The number of halogens is 1. The molecule has 0 bridgehead atoms. The smallest absolute Gasteiger partial charge is 0.236 e. The lowest BCUT2D eigenvalue weighted by molar-refractivity contribution is -0.116. The van der Waals surface area contributed by atoms with Crippen LogP contribution in [-0.4, -0.2) is 10.9 Å². The van der Waals surface area contributed by atoms with E-state index in [1.54, 1.807) is 12.3 Å². The fraction of sp³-hybridized carbons (Fsp3) is 0.154. The number of amides is 1. The van der Waals surface area contributed by atoms with Gasteiger partial charge in [0, 0.05) is 17.6 Å². The zero-order valence-corrected chi connectivity index (χ0v) is 9.25. The van der Waals surface area contributed by atoms with Crippen molar-refractivity contribution >= 4 is 11.6 Å². The van der Waals surface area contributed by atoms with Gasteiger partial charge in [0.25, 0.3) is 0 Å². The molecule has 0 spiro atoms. The third-order valence-corrected chi connectivity index (χ3v) is 3.15. The summed E-state index contributed by atoms with van der Waals surface area (Å²) in [5.74, 6) is -0.835. The number of aryl methyl sites for hydroxylation is 1. The first-order valence-electron chi connectivity index (χ1n) is 5.41. The van der Waals surface area contributed by atoms with Crippen LogP contribution >= 0.6 is 0 Å². The van der Waals surface area contributed by atoms with Gasteiger partial charge in [-0.1, -0.05) is 0 Å². The van der Waals surface area contributed by atoms with Crippen LogP contribution in [0.4, 0.5) is 10.1 Å². The molecule has 1 unspecified atom stereocenters. The van der Waals surface area contributed by atoms with Crippen molar-refractivity contribution in [2.24, 2.45) is 0 Å². The van der Waals surface area contributed by atoms with Gasteiger partial charge in [0.1, 0.15) is 5.82 Å². The van der Waals surface area contributed by atoms with Crippen LogP contribution in [0.3, 0.4) is 0 Å². The number of fused-ring (bicyclic) bond motifs is 1. The van der Waals surface area contributed by atoms with Gasteiger partial charge in [-0.3, -0.25) is 4.79 Å². The third kappa shape index (κ3) is 1.45. The minimum absolute atomic E-state index is 0.103. The minimum atomic E-state index is -0.410. The second-order valence-electron chi connectivity index (χ2n) is 4.21. The molecule has 0 saturated heterocycles. The lowest BCUT2D eigenvalue weighted by Gasteiger charge is -2.08. The largest absolute Gasteiger partial charge is 0.365 e. The van der Waals surface area contributed by atoms with E-state index in [0.29, 0.717) is 11.3 Å². The highest BCUT2D eigenvalue weighted by Crippen LogP contribution is 2.38. The number of benzene rings is 1. The molecule has 86 valence electrons. The van der Waals surface area contributed by atoms with Gasteiger partial charge in [-0.15, -0.1) is 0 Å². The Kier molecular flexibility index (Phi) is 2.04. The summed E-state index contributed by atoms with van der Waals surface area (Å²) in [7, 11) is 0. The number of carbonyl (C=O) groups is 1. The molecule has 0 aliphatic carbocycles. The topological polar surface area (TPSA) is 44.9 Å². The minimum Gasteiger partial charge on any atom is -0.365 e. The van der Waals surface area contributed by atoms with Gasteiger partial charge in [0.05, 0.1) is 5.92 Å². The molecule has 1 amide bonds. The van der Waals surface area contributed by atoms with E-state index < -0.39 is 5.92 Å². The molecule has 4 heteroatoms. The van der Waals surface area contributed by atoms with Crippen molar-refractivity contribution < 1.29 is 9.18 Å². The van der Waals surface area contributed by atoms with E-state index in [9.17, 15) is 9.18 Å². The number of nitrogens with one attached hydrogen (secondary N) is 2. The van der Waals surface area contributed by atoms with E-state index in [-0.39, 0.29) is 11.7 Å². The summed E-state index contributed by atoms with van der Waals surface area (Å²) in [6.07, 6.45) is 1.79. The van der Waals surface area contributed by atoms with Gasteiger partial charge in [0.2, 0.25) is 5.91 Å². The number of carbonyl (C=O) groups excluding carboxylic acids is 1. The zero-order valence-electron chi connectivity index (χ0n) is 9.25. The van der Waals surface area contributed by atoms with Gasteiger partial charge < -0.3 is 10.3 Å². The number of hydrogen-bond donors (Lipinski definition) is 2. The molecule has 0 saturated carbocycles. The molecule has 0 radical (unpaired) electrons. The summed E-state index contributed by atoms with van der Waals surface area (Å²) in [4.78, 5) is 15.0. The number of aromatic nitrogens is 1. The van der Waals surface area contributed by atoms with Crippen LogP contribution in [0.5, 0.6) is 0 Å². The fourth-order valence-electron chi connectivity index (χ4n) is 2.32. The maximum Gasteiger partial charge on any atom is 0.236 e. The number of rotatable bonds is 1. The lowest BCUT2D eigenvalue weighted by Crippen LogP contribution is -2.13. The monoisotopic (exact) mass is 230 g/mol. The van der Waals surface area contributed by atoms with E-state index in [4.69, 9.17) is 0 Å². The summed E-state index contributed by atoms with van der Waals surface area (Å²) in [6, 6.07) is 6.24. The first kappa shape index (κ1) is 10.1. The first-order valence-corrected chi connectivity index (χ1v) is 5.41. The average molecular weight is 230 g/mol. The highest BCUT2D eigenvalue weighted by molar-refractivity contribution is 6.05. The SMILES string of the molecule is Cc1[nH]ccc1C1C(=O)Nc2ccc(F)cc21. The van der Waals surface area contributed by atoms with Crippen LogP contribution in [-0.2, 0) is 4.79 Å². The second kappa shape index (κ2) is 3.45. The molecule has 1 aliphatic rings. The molecule has 17 heavy (non-hydrogen) atoms. The number of H-pyrrole nitrogens is 1. The Bertz CT molecular complexity index is 603. The van der Waals surface area contributed by atoms with Crippen LogP contribution in [0.25, 0.3) is 0 Å². The van der Waals surface area contributed by atoms with Crippen LogP contribution in [0.15, 0.2) is 30.5 Å². The summed E-state index contributed by atoms with van der Waals surface area (Å²) in [6.45, 7) is 1.90. The summed E-state index contributed by atoms with van der Waals surface area (Å²) >= 11 is 0. The van der Waals surface area contributed by atoms with Crippen LogP contribution < -0.4 is 5.32 Å². The quantitative estimate of drug-likeness (QED) is 0.777. The molecular formula is C13H11FN2O. The van der Waals surface area contributed by atoms with Crippen molar-refractivity contribution in [1.82, 2.24) is 4.98 Å². The van der Waals surface area contributed by atoms with Crippen molar-refractivity contribution in [3.63, 3.8) is 0 Å². The Balaban J connectivity index is 2.17. The van der Waals surface area contributed by atoms with E-state index >= 15 is 0 Å². The maximum atomic E-state index is 13.3. The molecular weight excluding hydrogens is 219 g/mol. The van der Waals surface area contributed by atoms with Gasteiger partial charge in [-0.2, -0.15) is 0 Å². The third-order valence-electron chi connectivity index (χ3n) is 3.15. The molecule has 2 aromatic rings. The maximum absolute atomic E-state index is 13.3. The van der Waals surface area contributed by atoms with Crippen LogP contribution in [0, 0.1) is 12.7 Å². The summed E-state index contributed by atoms with van der Waals surface area (Å²) < 4.78 is 13.3. The molecule has 0 fully saturated rings. The molecule has 1 aromatic carbocycles. The second-order valence-corrected chi connectivity index (χ2v) is 4.21. The number of aromatic amines is 1. The normalized spacial score (nSPS) is 18.0. The van der Waals surface area contributed by atoms with Crippen LogP contribution in [0.2, 0.25) is 0 Å². The number of hydrogen-bond acceptors (Lipinski definition) is 1. The summed E-state index contributed by atoms with van der Waals surface area (Å²) in [5.41, 5.74) is 3.23. The molecule has 3 nitrogen and oxygen atoms in total. The Morgan fingerprint density at radius 2 is 2.06 bits per heavy atom. The van der Waals surface area contributed by atoms with Gasteiger partial charge in [-0.25, -0.2) is 4.39 Å². The van der Waals surface area contributed by atoms with Gasteiger partial charge in [-0.05, 0) is 42.3 Å². The van der Waals surface area contributed by atoms with Crippen molar-refractivity contribution in [2.75, 3.05) is 5.32 Å². The summed E-state index contributed by atoms with van der Waals surface area (Å²) in [5, 5.41) is 2.77. The Morgan fingerprint density at radius 1 is 1.24 bits per heavy atom. The molecule has 2 heterocycles. The standard InChI is InChI=1S/C13H11FN2O/c1-7-9(4-5-15-7)12-10-6-8(14)2-3-11(10)16-13(12)17/h2-6,12,15H,1H3,(H,16,17). The predicted molar refractivity (Wildman–Crippen MR) is 62.4 cm³/mol. The fourth-order valence-corrected chi connectivity index (χ4v) is 2.32. The molecule has 2 N–H and O–H groups in total. The van der Waals surface area contributed by atoms with E-state index in [1.807, 2.05) is 13.0 Å². The van der Waals surface area contributed by atoms with Gasteiger partial charge >= 0.3 is 0 Å². The lowest BCUT2D eigenvalue weighted by atomic mass is 9.93.